The normalized spacial score (nSPS) is 10.6. The molecule has 100 valence electrons. The average Bonchev–Trinajstić information content (AvgIpc) is 2.31. The van der Waals surface area contributed by atoms with Crippen molar-refractivity contribution >= 4 is 21.6 Å². The van der Waals surface area contributed by atoms with Crippen LogP contribution in [0.3, 0.4) is 0 Å². The lowest BCUT2D eigenvalue weighted by Gasteiger charge is -2.12. The number of hydrogen-bond acceptors (Lipinski definition) is 1. The summed E-state index contributed by atoms with van der Waals surface area (Å²) in [4.78, 5) is 0. The van der Waals surface area contributed by atoms with E-state index in [0.29, 0.717) is 0 Å². The van der Waals surface area contributed by atoms with Crippen molar-refractivity contribution in [3.05, 3.63) is 62.6 Å². The van der Waals surface area contributed by atoms with Gasteiger partial charge in [0.05, 0.1) is 0 Å². The van der Waals surface area contributed by atoms with E-state index in [0.717, 1.165) is 16.7 Å². The summed E-state index contributed by atoms with van der Waals surface area (Å²) in [5.41, 5.74) is 7.84. The van der Waals surface area contributed by atoms with Crippen LogP contribution in [-0.4, -0.2) is 0 Å². The van der Waals surface area contributed by atoms with Crippen LogP contribution in [0.25, 0.3) is 0 Å². The Morgan fingerprint density at radius 2 is 1.53 bits per heavy atom. The number of anilines is 1. The van der Waals surface area contributed by atoms with Gasteiger partial charge in [-0.05, 0) is 73.7 Å². The van der Waals surface area contributed by atoms with Crippen molar-refractivity contribution in [3.8, 4) is 0 Å². The molecule has 2 aromatic carbocycles. The quantitative estimate of drug-likeness (QED) is 0.810. The second kappa shape index (κ2) is 5.79. The summed E-state index contributed by atoms with van der Waals surface area (Å²) in [5.74, 6) is 0. The molecule has 2 heteroatoms. The SMILES string of the molecule is Cc1cc(Br)cc(NCc2cc(C)c(C)cc2C)c1. The van der Waals surface area contributed by atoms with E-state index in [1.807, 2.05) is 0 Å². The molecule has 0 heterocycles. The number of aryl methyl sites for hydroxylation is 4. The lowest BCUT2D eigenvalue weighted by atomic mass is 10.0. The maximum absolute atomic E-state index is 3.53. The third-order valence-corrected chi connectivity index (χ3v) is 3.94. The standard InChI is InChI=1S/C17H20BrN/c1-11-5-16(18)9-17(6-11)19-10-15-8-13(3)12(2)7-14(15)4/h5-9,19H,10H2,1-4H3. The summed E-state index contributed by atoms with van der Waals surface area (Å²) >= 11 is 3.53. The number of nitrogens with one attached hydrogen (secondary N) is 1. The predicted molar refractivity (Wildman–Crippen MR) is 86.9 cm³/mol. The first-order chi connectivity index (χ1) is 8.95. The van der Waals surface area contributed by atoms with Gasteiger partial charge in [-0.3, -0.25) is 0 Å². The molecule has 1 nitrogen and oxygen atoms in total. The van der Waals surface area contributed by atoms with Crippen LogP contribution in [0.5, 0.6) is 0 Å². The number of benzene rings is 2. The average molecular weight is 318 g/mol. The fraction of sp³-hybridized carbons (Fsp3) is 0.294. The van der Waals surface area contributed by atoms with E-state index in [2.05, 4.69) is 79.3 Å². The van der Waals surface area contributed by atoms with Crippen molar-refractivity contribution < 1.29 is 0 Å². The zero-order valence-corrected chi connectivity index (χ0v) is 13.6. The highest BCUT2D eigenvalue weighted by Gasteiger charge is 2.03. The van der Waals surface area contributed by atoms with Gasteiger partial charge in [-0.2, -0.15) is 0 Å². The molecule has 0 spiro atoms. The summed E-state index contributed by atoms with van der Waals surface area (Å²) in [6.45, 7) is 9.48. The van der Waals surface area contributed by atoms with Gasteiger partial charge >= 0.3 is 0 Å². The van der Waals surface area contributed by atoms with E-state index >= 15 is 0 Å². The molecule has 0 aliphatic heterocycles. The summed E-state index contributed by atoms with van der Waals surface area (Å²) in [6.07, 6.45) is 0. The van der Waals surface area contributed by atoms with Gasteiger partial charge in [-0.1, -0.05) is 28.1 Å². The summed E-state index contributed by atoms with van der Waals surface area (Å²) in [6, 6.07) is 10.9. The third kappa shape index (κ3) is 3.60. The van der Waals surface area contributed by atoms with Crippen molar-refractivity contribution in [2.24, 2.45) is 0 Å². The first-order valence-electron chi connectivity index (χ1n) is 6.53. The largest absolute Gasteiger partial charge is 0.381 e. The summed E-state index contributed by atoms with van der Waals surface area (Å²) < 4.78 is 1.12. The Morgan fingerprint density at radius 1 is 0.842 bits per heavy atom. The zero-order valence-electron chi connectivity index (χ0n) is 12.0. The molecular weight excluding hydrogens is 298 g/mol. The van der Waals surface area contributed by atoms with Crippen LogP contribution >= 0.6 is 15.9 Å². The van der Waals surface area contributed by atoms with Gasteiger partial charge < -0.3 is 5.32 Å². The number of hydrogen-bond donors (Lipinski definition) is 1. The maximum atomic E-state index is 3.53. The van der Waals surface area contributed by atoms with Crippen molar-refractivity contribution in [2.45, 2.75) is 34.2 Å². The molecule has 0 aromatic heterocycles. The highest BCUT2D eigenvalue weighted by molar-refractivity contribution is 9.10. The second-order valence-corrected chi connectivity index (χ2v) is 6.15. The first kappa shape index (κ1) is 14.1. The van der Waals surface area contributed by atoms with E-state index in [9.17, 15) is 0 Å². The zero-order chi connectivity index (χ0) is 14.0. The summed E-state index contributed by atoms with van der Waals surface area (Å²) in [5, 5.41) is 3.50. The minimum atomic E-state index is 0.864. The Labute approximate surface area is 124 Å². The molecule has 0 aliphatic rings. The molecule has 0 saturated heterocycles. The fourth-order valence-corrected chi connectivity index (χ4v) is 2.85. The minimum absolute atomic E-state index is 0.864. The molecule has 0 radical (unpaired) electrons. The van der Waals surface area contributed by atoms with Gasteiger partial charge in [0.1, 0.15) is 0 Å². The van der Waals surface area contributed by atoms with Gasteiger partial charge in [-0.15, -0.1) is 0 Å². The monoisotopic (exact) mass is 317 g/mol. The molecular formula is C17H20BrN. The molecule has 0 saturated carbocycles. The molecule has 19 heavy (non-hydrogen) atoms. The Kier molecular flexibility index (Phi) is 4.31. The van der Waals surface area contributed by atoms with Gasteiger partial charge in [0.25, 0.3) is 0 Å². The van der Waals surface area contributed by atoms with E-state index in [4.69, 9.17) is 0 Å². The first-order valence-corrected chi connectivity index (χ1v) is 7.33. The molecule has 2 aromatic rings. The molecule has 0 unspecified atom stereocenters. The van der Waals surface area contributed by atoms with Crippen LogP contribution in [0.4, 0.5) is 5.69 Å². The van der Waals surface area contributed by atoms with E-state index in [1.54, 1.807) is 0 Å². The van der Waals surface area contributed by atoms with Gasteiger partial charge in [0, 0.05) is 16.7 Å². The van der Waals surface area contributed by atoms with Crippen LogP contribution in [0, 0.1) is 27.7 Å². The molecule has 0 atom stereocenters. The Hall–Kier alpha value is -1.28. The lowest BCUT2D eigenvalue weighted by molar-refractivity contribution is 1.10. The highest BCUT2D eigenvalue weighted by atomic mass is 79.9. The molecule has 0 aliphatic carbocycles. The number of rotatable bonds is 3. The fourth-order valence-electron chi connectivity index (χ4n) is 2.25. The molecule has 1 N–H and O–H groups in total. The molecule has 0 bridgehead atoms. The lowest BCUT2D eigenvalue weighted by Crippen LogP contribution is -2.02. The van der Waals surface area contributed by atoms with Crippen LogP contribution in [0.2, 0.25) is 0 Å². The molecule has 0 fully saturated rings. The topological polar surface area (TPSA) is 12.0 Å². The van der Waals surface area contributed by atoms with Crippen molar-refractivity contribution in [1.82, 2.24) is 0 Å². The Balaban J connectivity index is 2.16. The molecule has 2 rings (SSSR count). The van der Waals surface area contributed by atoms with Gasteiger partial charge in [0.2, 0.25) is 0 Å². The predicted octanol–water partition coefficient (Wildman–Crippen LogP) is 5.29. The summed E-state index contributed by atoms with van der Waals surface area (Å²) in [7, 11) is 0. The smallest absolute Gasteiger partial charge is 0.0403 e. The third-order valence-electron chi connectivity index (χ3n) is 3.48. The van der Waals surface area contributed by atoms with E-state index in [1.165, 1.54) is 27.8 Å². The van der Waals surface area contributed by atoms with Crippen molar-refractivity contribution in [1.29, 1.82) is 0 Å². The van der Waals surface area contributed by atoms with Crippen molar-refractivity contribution in [3.63, 3.8) is 0 Å². The highest BCUT2D eigenvalue weighted by Crippen LogP contribution is 2.21. The Bertz CT molecular complexity index is 582. The molecule has 0 amide bonds. The minimum Gasteiger partial charge on any atom is -0.381 e. The van der Waals surface area contributed by atoms with Crippen LogP contribution in [-0.2, 0) is 6.54 Å². The van der Waals surface area contributed by atoms with E-state index in [-0.39, 0.29) is 0 Å². The maximum Gasteiger partial charge on any atom is 0.0403 e. The number of halogens is 1. The van der Waals surface area contributed by atoms with Crippen LogP contribution in [0.15, 0.2) is 34.8 Å². The van der Waals surface area contributed by atoms with Gasteiger partial charge in [0.15, 0.2) is 0 Å². The second-order valence-electron chi connectivity index (χ2n) is 5.23. The van der Waals surface area contributed by atoms with Gasteiger partial charge in [-0.25, -0.2) is 0 Å². The Morgan fingerprint density at radius 3 is 2.21 bits per heavy atom. The van der Waals surface area contributed by atoms with Crippen LogP contribution < -0.4 is 5.32 Å². The van der Waals surface area contributed by atoms with Crippen molar-refractivity contribution in [2.75, 3.05) is 5.32 Å². The van der Waals surface area contributed by atoms with Crippen LogP contribution in [0.1, 0.15) is 27.8 Å². The van der Waals surface area contributed by atoms with E-state index < -0.39 is 0 Å².